The topological polar surface area (TPSA) is 94.1 Å². The summed E-state index contributed by atoms with van der Waals surface area (Å²) in [5.41, 5.74) is 0.998. The Hall–Kier alpha value is -1.30. The molecule has 4 rings (SSSR count). The fourth-order valence-electron chi connectivity index (χ4n) is 2.41. The van der Waals surface area contributed by atoms with Crippen LogP contribution >= 0.6 is 45.9 Å². The number of aromatic nitrogens is 2. The molecule has 12 heteroatoms. The molecule has 0 amide bonds. The molecule has 0 saturated carbocycles. The minimum absolute atomic E-state index is 0.129. The van der Waals surface area contributed by atoms with Gasteiger partial charge in [0.1, 0.15) is 0 Å². The first kappa shape index (κ1) is 20.0. The Morgan fingerprint density at radius 3 is 1.50 bits per heavy atom. The summed E-state index contributed by atoms with van der Waals surface area (Å²) in [4.78, 5) is 8.19. The molecule has 0 saturated heterocycles. The largest absolute Gasteiger partial charge is 0.225 e. The number of fused-ring (bicyclic) bond motifs is 2. The van der Waals surface area contributed by atoms with Gasteiger partial charge in [0.05, 0.1) is 31.9 Å². The monoisotopic (exact) mass is 492 g/mol. The molecule has 6 nitrogen and oxygen atoms in total. The molecule has 0 fully saturated rings. The van der Waals surface area contributed by atoms with Crippen molar-refractivity contribution < 1.29 is 16.8 Å². The minimum Gasteiger partial charge on any atom is -0.225 e. The molecule has 0 bridgehead atoms. The van der Waals surface area contributed by atoms with Gasteiger partial charge in [0.2, 0.25) is 28.4 Å². The number of hydrogen-bond acceptors (Lipinski definition) is 8. The first-order chi connectivity index (χ1) is 13.1. The third-order valence-corrected chi connectivity index (χ3v) is 10.9. The Labute approximate surface area is 178 Å². The quantitative estimate of drug-likeness (QED) is 0.408. The van der Waals surface area contributed by atoms with Gasteiger partial charge in [-0.25, -0.2) is 26.8 Å². The molecule has 0 aliphatic rings. The zero-order chi connectivity index (χ0) is 20.1. The fraction of sp³-hybridized carbons (Fsp3) is 0.125. The van der Waals surface area contributed by atoms with Crippen molar-refractivity contribution in [3.8, 4) is 0 Å². The van der Waals surface area contributed by atoms with Crippen LogP contribution in [0.2, 0.25) is 10.0 Å². The molecule has 0 spiro atoms. The van der Waals surface area contributed by atoms with Crippen LogP contribution < -0.4 is 0 Å². The zero-order valence-electron chi connectivity index (χ0n) is 13.8. The summed E-state index contributed by atoms with van der Waals surface area (Å²) in [7, 11) is -7.74. The van der Waals surface area contributed by atoms with Crippen molar-refractivity contribution in [3.63, 3.8) is 0 Å². The number of benzene rings is 2. The molecule has 2 aromatic carbocycles. The average Bonchev–Trinajstić information content (AvgIpc) is 3.24. The summed E-state index contributed by atoms with van der Waals surface area (Å²) in [5.74, 6) is -1.17. The lowest BCUT2D eigenvalue weighted by atomic mass is 10.3. The van der Waals surface area contributed by atoms with Crippen molar-refractivity contribution in [1.82, 2.24) is 9.97 Å². The minimum atomic E-state index is -3.87. The molecule has 0 aliphatic heterocycles. The molecule has 146 valence electrons. The lowest BCUT2D eigenvalue weighted by molar-refractivity contribution is 0.587. The normalized spacial score (nSPS) is 12.8. The summed E-state index contributed by atoms with van der Waals surface area (Å²) < 4.78 is 51.4. The van der Waals surface area contributed by atoms with Gasteiger partial charge in [-0.3, -0.25) is 0 Å². The summed E-state index contributed by atoms with van der Waals surface area (Å²) in [6.45, 7) is 0. The van der Waals surface area contributed by atoms with E-state index in [9.17, 15) is 16.8 Å². The first-order valence-corrected chi connectivity index (χ1v) is 13.4. The third kappa shape index (κ3) is 3.89. The van der Waals surface area contributed by atoms with Crippen LogP contribution in [0.25, 0.3) is 20.4 Å². The van der Waals surface area contributed by atoms with Crippen LogP contribution in [0, 0.1) is 0 Å². The molecule has 0 aliphatic carbocycles. The predicted molar refractivity (Wildman–Crippen MR) is 113 cm³/mol. The highest BCUT2D eigenvalue weighted by Crippen LogP contribution is 2.30. The molecule has 28 heavy (non-hydrogen) atoms. The van der Waals surface area contributed by atoms with Gasteiger partial charge in [-0.2, -0.15) is 0 Å². The van der Waals surface area contributed by atoms with Gasteiger partial charge < -0.3 is 0 Å². The van der Waals surface area contributed by atoms with Crippen LogP contribution in [0.1, 0.15) is 0 Å². The second kappa shape index (κ2) is 7.19. The lowest BCUT2D eigenvalue weighted by Crippen LogP contribution is -2.17. The van der Waals surface area contributed by atoms with E-state index in [1.165, 1.54) is 0 Å². The summed E-state index contributed by atoms with van der Waals surface area (Å²) in [5, 5.41) is 0.942. The number of sulfone groups is 2. The second-order valence-corrected chi connectivity index (χ2v) is 13.3. The van der Waals surface area contributed by atoms with E-state index in [2.05, 4.69) is 9.97 Å². The number of rotatable bonds is 5. The maximum atomic E-state index is 12.6. The van der Waals surface area contributed by atoms with Gasteiger partial charge in [0.15, 0.2) is 0 Å². The van der Waals surface area contributed by atoms with Gasteiger partial charge in [0.25, 0.3) is 0 Å². The van der Waals surface area contributed by atoms with Crippen LogP contribution in [0.3, 0.4) is 0 Å². The van der Waals surface area contributed by atoms with Crippen LogP contribution in [0.15, 0.2) is 45.1 Å². The maximum Gasteiger partial charge on any atom is 0.210 e. The van der Waals surface area contributed by atoms with E-state index >= 15 is 0 Å². The number of hydrogen-bond donors (Lipinski definition) is 0. The van der Waals surface area contributed by atoms with Gasteiger partial charge >= 0.3 is 0 Å². The van der Waals surface area contributed by atoms with Crippen molar-refractivity contribution in [1.29, 1.82) is 0 Å². The predicted octanol–water partition coefficient (Wildman–Crippen LogP) is 4.46. The van der Waals surface area contributed by atoms with Gasteiger partial charge in [0, 0.05) is 10.0 Å². The smallest absolute Gasteiger partial charge is 0.210 e. The second-order valence-electron chi connectivity index (χ2n) is 5.82. The average molecular weight is 493 g/mol. The van der Waals surface area contributed by atoms with Gasteiger partial charge in [-0.05, 0) is 36.4 Å². The van der Waals surface area contributed by atoms with E-state index in [0.717, 1.165) is 22.7 Å². The highest BCUT2D eigenvalue weighted by Gasteiger charge is 2.26. The molecular formula is C16H10Cl2N2O4S4. The summed E-state index contributed by atoms with van der Waals surface area (Å²) >= 11 is 13.7. The number of nitrogens with zero attached hydrogens (tertiary/aromatic N) is 2. The highest BCUT2D eigenvalue weighted by atomic mass is 35.5. The highest BCUT2D eigenvalue weighted by molar-refractivity contribution is 7.97. The van der Waals surface area contributed by atoms with E-state index in [4.69, 9.17) is 23.2 Å². The van der Waals surface area contributed by atoms with Crippen molar-refractivity contribution in [2.45, 2.75) is 8.68 Å². The van der Waals surface area contributed by atoms with E-state index in [0.29, 0.717) is 30.5 Å². The summed E-state index contributed by atoms with van der Waals surface area (Å²) in [6, 6.07) is 9.72. The SMILES string of the molecule is O=S(=O)(CCS(=O)(=O)c1nc2ccc(Cl)cc2s1)c1nc2ccc(Cl)cc2s1. The maximum absolute atomic E-state index is 12.6. The molecular weight excluding hydrogens is 483 g/mol. The van der Waals surface area contributed by atoms with E-state index in [1.54, 1.807) is 36.4 Å². The Bertz CT molecular complexity index is 1320. The Morgan fingerprint density at radius 2 is 1.11 bits per heavy atom. The van der Waals surface area contributed by atoms with Gasteiger partial charge in [-0.1, -0.05) is 23.2 Å². The van der Waals surface area contributed by atoms with Crippen LogP contribution in [-0.4, -0.2) is 38.3 Å². The Balaban J connectivity index is 1.60. The lowest BCUT2D eigenvalue weighted by Gasteiger charge is -2.01. The molecule has 0 unspecified atom stereocenters. The van der Waals surface area contributed by atoms with Crippen LogP contribution in [0.4, 0.5) is 0 Å². The van der Waals surface area contributed by atoms with Crippen LogP contribution in [-0.2, 0) is 19.7 Å². The fourth-order valence-corrected chi connectivity index (χ4v) is 8.99. The van der Waals surface area contributed by atoms with E-state index in [-0.39, 0.29) is 8.68 Å². The van der Waals surface area contributed by atoms with Crippen molar-refractivity contribution >= 4 is 86.0 Å². The molecule has 2 heterocycles. The number of halogens is 2. The first-order valence-electron chi connectivity index (χ1n) is 7.72. The summed E-state index contributed by atoms with van der Waals surface area (Å²) in [6.07, 6.45) is 0. The Morgan fingerprint density at radius 1 is 0.714 bits per heavy atom. The Kier molecular flexibility index (Phi) is 5.13. The van der Waals surface area contributed by atoms with Crippen molar-refractivity contribution in [2.24, 2.45) is 0 Å². The molecule has 0 radical (unpaired) electrons. The molecule has 0 N–H and O–H groups in total. The third-order valence-electron chi connectivity index (χ3n) is 3.81. The van der Waals surface area contributed by atoms with E-state index < -0.39 is 31.2 Å². The van der Waals surface area contributed by atoms with Crippen molar-refractivity contribution in [3.05, 3.63) is 46.4 Å². The zero-order valence-corrected chi connectivity index (χ0v) is 18.6. The van der Waals surface area contributed by atoms with Crippen molar-refractivity contribution in [2.75, 3.05) is 11.5 Å². The molecule has 2 aromatic heterocycles. The molecule has 4 aromatic rings. The molecule has 0 atom stereocenters. The van der Waals surface area contributed by atoms with E-state index in [1.807, 2.05) is 0 Å². The van der Waals surface area contributed by atoms with Gasteiger partial charge in [-0.15, -0.1) is 22.7 Å². The standard InChI is InChI=1S/C16H10Cl2N2O4S4/c17-9-1-3-11-13(7-9)25-15(19-11)27(21,22)5-6-28(23,24)16-20-12-4-2-10(18)8-14(12)26-16/h1-4,7-8H,5-6H2. The van der Waals surface area contributed by atoms with Crippen LogP contribution in [0.5, 0.6) is 0 Å². The number of thiazole rings is 2.